The highest BCUT2D eigenvalue weighted by molar-refractivity contribution is 5.83. The quantitative estimate of drug-likeness (QED) is 0.858. The van der Waals surface area contributed by atoms with Crippen LogP contribution in [0.5, 0.6) is 0 Å². The Morgan fingerprint density at radius 3 is 2.71 bits per heavy atom. The first kappa shape index (κ1) is 16.7. The van der Waals surface area contributed by atoms with E-state index in [1.165, 1.54) is 0 Å². The van der Waals surface area contributed by atoms with Crippen molar-refractivity contribution in [2.75, 3.05) is 13.1 Å². The van der Waals surface area contributed by atoms with E-state index >= 15 is 0 Å². The zero-order chi connectivity index (χ0) is 16.8. The summed E-state index contributed by atoms with van der Waals surface area (Å²) >= 11 is 0. The van der Waals surface area contributed by atoms with Gasteiger partial charge in [-0.15, -0.1) is 0 Å². The molecule has 2 aromatic rings. The Bertz CT molecular complexity index is 618. The number of H-pyrrole nitrogens is 1. The SMILES string of the molecule is CC[C@H](C(=O)N1CCC(NCc2ncc[nH]2)CC1)c1ccccc1. The minimum atomic E-state index is -0.0150. The monoisotopic (exact) mass is 326 g/mol. The van der Waals surface area contributed by atoms with Crippen LogP contribution in [0.25, 0.3) is 0 Å². The number of likely N-dealkylation sites (tertiary alicyclic amines) is 1. The molecule has 0 radical (unpaired) electrons. The highest BCUT2D eigenvalue weighted by Gasteiger charge is 2.28. The number of imidazole rings is 1. The summed E-state index contributed by atoms with van der Waals surface area (Å²) in [6, 6.07) is 10.6. The van der Waals surface area contributed by atoms with Crippen molar-refractivity contribution in [3.63, 3.8) is 0 Å². The first-order valence-electron chi connectivity index (χ1n) is 8.83. The normalized spacial score (nSPS) is 17.0. The molecule has 3 rings (SSSR count). The molecule has 1 aliphatic heterocycles. The van der Waals surface area contributed by atoms with E-state index in [2.05, 4.69) is 34.3 Å². The van der Waals surface area contributed by atoms with Crippen LogP contribution < -0.4 is 5.32 Å². The van der Waals surface area contributed by atoms with Gasteiger partial charge in [-0.3, -0.25) is 4.79 Å². The molecule has 1 atom stereocenters. The molecule has 1 amide bonds. The van der Waals surface area contributed by atoms with E-state index in [9.17, 15) is 4.79 Å². The highest BCUT2D eigenvalue weighted by Crippen LogP contribution is 2.24. The number of nitrogens with one attached hydrogen (secondary N) is 2. The van der Waals surface area contributed by atoms with Crippen LogP contribution in [0.1, 0.15) is 43.5 Å². The second-order valence-corrected chi connectivity index (χ2v) is 6.39. The lowest BCUT2D eigenvalue weighted by Crippen LogP contribution is -2.46. The number of rotatable bonds is 6. The maximum absolute atomic E-state index is 12.9. The van der Waals surface area contributed by atoms with E-state index in [0.717, 1.165) is 50.3 Å². The average Bonchev–Trinajstić information content (AvgIpc) is 3.15. The van der Waals surface area contributed by atoms with E-state index in [4.69, 9.17) is 0 Å². The maximum Gasteiger partial charge on any atom is 0.230 e. The van der Waals surface area contributed by atoms with Gasteiger partial charge in [-0.1, -0.05) is 37.3 Å². The molecule has 5 nitrogen and oxygen atoms in total. The molecule has 2 heterocycles. The second kappa shape index (κ2) is 8.11. The highest BCUT2D eigenvalue weighted by atomic mass is 16.2. The smallest absolute Gasteiger partial charge is 0.230 e. The predicted molar refractivity (Wildman–Crippen MR) is 94.5 cm³/mol. The third-order valence-electron chi connectivity index (χ3n) is 4.83. The lowest BCUT2D eigenvalue weighted by Gasteiger charge is -2.34. The fourth-order valence-electron chi connectivity index (χ4n) is 3.40. The second-order valence-electron chi connectivity index (χ2n) is 6.39. The van der Waals surface area contributed by atoms with Crippen molar-refractivity contribution in [3.8, 4) is 0 Å². The fraction of sp³-hybridized carbons (Fsp3) is 0.474. The number of carbonyl (C=O) groups excluding carboxylic acids is 1. The summed E-state index contributed by atoms with van der Waals surface area (Å²) in [7, 11) is 0. The van der Waals surface area contributed by atoms with Crippen molar-refractivity contribution in [1.29, 1.82) is 0 Å². The molecule has 24 heavy (non-hydrogen) atoms. The molecular weight excluding hydrogens is 300 g/mol. The van der Waals surface area contributed by atoms with Crippen LogP contribution in [0.3, 0.4) is 0 Å². The van der Waals surface area contributed by atoms with Crippen LogP contribution in [-0.4, -0.2) is 39.9 Å². The van der Waals surface area contributed by atoms with Gasteiger partial charge in [0.05, 0.1) is 12.5 Å². The van der Waals surface area contributed by atoms with Gasteiger partial charge < -0.3 is 15.2 Å². The standard InChI is InChI=1S/C19H26N4O/c1-2-17(15-6-4-3-5-7-15)19(24)23-12-8-16(9-13-23)22-14-18-20-10-11-21-18/h3-7,10-11,16-17,22H,2,8-9,12-14H2,1H3,(H,20,21)/t17-/m0/s1. The average molecular weight is 326 g/mol. The summed E-state index contributed by atoms with van der Waals surface area (Å²) in [5, 5.41) is 3.53. The van der Waals surface area contributed by atoms with Crippen molar-refractivity contribution < 1.29 is 4.79 Å². The molecule has 1 fully saturated rings. The number of amides is 1. The fourth-order valence-corrected chi connectivity index (χ4v) is 3.40. The van der Waals surface area contributed by atoms with Gasteiger partial charge in [0.2, 0.25) is 5.91 Å². The Kier molecular flexibility index (Phi) is 5.64. The third kappa shape index (κ3) is 4.03. The van der Waals surface area contributed by atoms with Gasteiger partial charge in [0, 0.05) is 31.5 Å². The minimum Gasteiger partial charge on any atom is -0.348 e. The number of carbonyl (C=O) groups is 1. The number of nitrogens with zero attached hydrogens (tertiary/aromatic N) is 2. The Hall–Kier alpha value is -2.14. The minimum absolute atomic E-state index is 0.0150. The summed E-state index contributed by atoms with van der Waals surface area (Å²) < 4.78 is 0. The zero-order valence-electron chi connectivity index (χ0n) is 14.2. The molecule has 1 aromatic heterocycles. The van der Waals surface area contributed by atoms with Crippen molar-refractivity contribution in [1.82, 2.24) is 20.2 Å². The van der Waals surface area contributed by atoms with Crippen LogP contribution in [-0.2, 0) is 11.3 Å². The Morgan fingerprint density at radius 2 is 2.08 bits per heavy atom. The molecule has 0 unspecified atom stereocenters. The molecule has 2 N–H and O–H groups in total. The van der Waals surface area contributed by atoms with Crippen LogP contribution in [0, 0.1) is 0 Å². The molecule has 128 valence electrons. The van der Waals surface area contributed by atoms with E-state index in [-0.39, 0.29) is 11.8 Å². The molecule has 1 aromatic carbocycles. The van der Waals surface area contributed by atoms with Crippen LogP contribution in [0.2, 0.25) is 0 Å². The van der Waals surface area contributed by atoms with Crippen molar-refractivity contribution >= 4 is 5.91 Å². The van der Waals surface area contributed by atoms with Crippen LogP contribution >= 0.6 is 0 Å². The summed E-state index contributed by atoms with van der Waals surface area (Å²) in [5.41, 5.74) is 1.13. The van der Waals surface area contributed by atoms with Crippen LogP contribution in [0.4, 0.5) is 0 Å². The number of aromatic amines is 1. The molecule has 0 bridgehead atoms. The number of piperidine rings is 1. The van der Waals surface area contributed by atoms with Gasteiger partial charge in [0.15, 0.2) is 0 Å². The topological polar surface area (TPSA) is 61.0 Å². The van der Waals surface area contributed by atoms with E-state index in [1.807, 2.05) is 29.3 Å². The Morgan fingerprint density at radius 1 is 1.33 bits per heavy atom. The molecule has 1 saturated heterocycles. The molecular formula is C19H26N4O. The van der Waals surface area contributed by atoms with Crippen molar-refractivity contribution in [2.24, 2.45) is 0 Å². The predicted octanol–water partition coefficient (Wildman–Crippen LogP) is 2.68. The molecule has 1 aliphatic rings. The first-order valence-corrected chi connectivity index (χ1v) is 8.83. The molecule has 0 aliphatic carbocycles. The van der Waals surface area contributed by atoms with Gasteiger partial charge in [0.1, 0.15) is 5.82 Å². The first-order chi connectivity index (χ1) is 11.8. The molecule has 0 saturated carbocycles. The molecule has 5 heteroatoms. The van der Waals surface area contributed by atoms with Gasteiger partial charge in [-0.05, 0) is 24.8 Å². The lowest BCUT2D eigenvalue weighted by molar-refractivity contribution is -0.134. The van der Waals surface area contributed by atoms with Gasteiger partial charge >= 0.3 is 0 Å². The largest absolute Gasteiger partial charge is 0.348 e. The number of hydrogen-bond acceptors (Lipinski definition) is 3. The van der Waals surface area contributed by atoms with E-state index < -0.39 is 0 Å². The number of hydrogen-bond donors (Lipinski definition) is 2. The lowest BCUT2D eigenvalue weighted by atomic mass is 9.93. The summed E-state index contributed by atoms with van der Waals surface area (Å²) in [6.45, 7) is 4.51. The molecule has 0 spiro atoms. The summed E-state index contributed by atoms with van der Waals surface area (Å²) in [4.78, 5) is 22.2. The maximum atomic E-state index is 12.9. The zero-order valence-corrected chi connectivity index (χ0v) is 14.2. The Labute approximate surface area is 143 Å². The summed E-state index contributed by atoms with van der Waals surface area (Å²) in [5.74, 6) is 1.22. The van der Waals surface area contributed by atoms with Crippen LogP contribution in [0.15, 0.2) is 42.7 Å². The number of aromatic nitrogens is 2. The Balaban J connectivity index is 1.51. The van der Waals surface area contributed by atoms with Gasteiger partial charge in [-0.25, -0.2) is 4.98 Å². The third-order valence-corrected chi connectivity index (χ3v) is 4.83. The van der Waals surface area contributed by atoms with Gasteiger partial charge in [0.25, 0.3) is 0 Å². The van der Waals surface area contributed by atoms with Crippen molar-refractivity contribution in [3.05, 3.63) is 54.1 Å². The van der Waals surface area contributed by atoms with E-state index in [1.54, 1.807) is 6.20 Å². The number of benzene rings is 1. The van der Waals surface area contributed by atoms with E-state index in [0.29, 0.717) is 6.04 Å². The van der Waals surface area contributed by atoms with Crippen molar-refractivity contribution in [2.45, 2.75) is 44.7 Å². The van der Waals surface area contributed by atoms with Gasteiger partial charge in [-0.2, -0.15) is 0 Å². The summed E-state index contributed by atoms with van der Waals surface area (Å²) in [6.07, 6.45) is 6.45.